The second-order valence-corrected chi connectivity index (χ2v) is 6.84. The molecule has 2 N–H and O–H groups in total. The number of benzene rings is 2. The van der Waals surface area contributed by atoms with Crippen LogP contribution in [0.4, 0.5) is 10.5 Å². The van der Waals surface area contributed by atoms with Crippen LogP contribution >= 0.6 is 0 Å². The van der Waals surface area contributed by atoms with Crippen LogP contribution in [0.15, 0.2) is 48.5 Å². The van der Waals surface area contributed by atoms with E-state index in [9.17, 15) is 4.79 Å². The number of nitrogens with zero attached hydrogens (tertiary/aromatic N) is 2. The molecule has 0 bridgehead atoms. The fourth-order valence-corrected chi connectivity index (χ4v) is 3.10. The van der Waals surface area contributed by atoms with Gasteiger partial charge in [-0.2, -0.15) is 0 Å². The lowest BCUT2D eigenvalue weighted by molar-refractivity contribution is 0.240. The van der Waals surface area contributed by atoms with Crippen molar-refractivity contribution >= 4 is 11.7 Å². The highest BCUT2D eigenvalue weighted by Crippen LogP contribution is 2.18. The van der Waals surface area contributed by atoms with Crippen molar-refractivity contribution in [1.82, 2.24) is 15.5 Å². The van der Waals surface area contributed by atoms with Gasteiger partial charge in [0, 0.05) is 45.0 Å². The molecule has 0 saturated carbocycles. The minimum atomic E-state index is -0.171. The van der Waals surface area contributed by atoms with E-state index in [2.05, 4.69) is 45.7 Å². The van der Waals surface area contributed by atoms with E-state index in [1.165, 1.54) is 5.69 Å². The Bertz CT molecular complexity index is 740. The average Bonchev–Trinajstić information content (AvgIpc) is 2.72. The molecule has 1 aliphatic heterocycles. The largest absolute Gasteiger partial charge is 0.497 e. The summed E-state index contributed by atoms with van der Waals surface area (Å²) in [6, 6.07) is 15.9. The van der Waals surface area contributed by atoms with Gasteiger partial charge in [-0.15, -0.1) is 0 Å². The smallest absolute Gasteiger partial charge is 0.315 e. The zero-order valence-corrected chi connectivity index (χ0v) is 16.1. The van der Waals surface area contributed by atoms with Crippen LogP contribution in [0.3, 0.4) is 0 Å². The van der Waals surface area contributed by atoms with E-state index in [-0.39, 0.29) is 6.03 Å². The standard InChI is InChI=1S/C21H28N4O2/c1-24-10-12-25(13-11-24)19-5-3-4-18(14-19)16-23-21(26)22-15-17-6-8-20(27-2)9-7-17/h3-9,14H,10-13,15-16H2,1-2H3,(H2,22,23,26). The van der Waals surface area contributed by atoms with Crippen molar-refractivity contribution in [3.63, 3.8) is 0 Å². The van der Waals surface area contributed by atoms with E-state index in [1.54, 1.807) is 7.11 Å². The Kier molecular flexibility index (Phi) is 6.54. The number of methoxy groups -OCH3 is 1. The molecular formula is C21H28N4O2. The summed E-state index contributed by atoms with van der Waals surface area (Å²) in [6.45, 7) is 5.23. The van der Waals surface area contributed by atoms with Crippen LogP contribution in [0, 0.1) is 0 Å². The van der Waals surface area contributed by atoms with E-state index < -0.39 is 0 Å². The van der Waals surface area contributed by atoms with Gasteiger partial charge in [0.25, 0.3) is 0 Å². The lowest BCUT2D eigenvalue weighted by atomic mass is 10.1. The molecule has 3 rings (SSSR count). The van der Waals surface area contributed by atoms with Crippen molar-refractivity contribution in [2.24, 2.45) is 0 Å². The number of nitrogens with one attached hydrogen (secondary N) is 2. The third-order valence-corrected chi connectivity index (χ3v) is 4.84. The first-order valence-electron chi connectivity index (χ1n) is 9.31. The third kappa shape index (κ3) is 5.62. The number of amides is 2. The predicted molar refractivity (Wildman–Crippen MR) is 108 cm³/mol. The van der Waals surface area contributed by atoms with Crippen LogP contribution in [0.2, 0.25) is 0 Å². The highest BCUT2D eigenvalue weighted by atomic mass is 16.5. The fraction of sp³-hybridized carbons (Fsp3) is 0.381. The van der Waals surface area contributed by atoms with Gasteiger partial charge in [-0.05, 0) is 42.4 Å². The molecule has 0 aromatic heterocycles. The van der Waals surface area contributed by atoms with Gasteiger partial charge >= 0.3 is 6.03 Å². The predicted octanol–water partition coefficient (Wildman–Crippen LogP) is 2.45. The molecule has 144 valence electrons. The number of urea groups is 1. The number of piperazine rings is 1. The van der Waals surface area contributed by atoms with Crippen LogP contribution in [-0.2, 0) is 13.1 Å². The summed E-state index contributed by atoms with van der Waals surface area (Å²) in [4.78, 5) is 16.8. The maximum Gasteiger partial charge on any atom is 0.315 e. The highest BCUT2D eigenvalue weighted by molar-refractivity contribution is 5.73. The maximum atomic E-state index is 12.1. The molecule has 0 radical (unpaired) electrons. The number of anilines is 1. The van der Waals surface area contributed by atoms with Crippen molar-refractivity contribution in [3.8, 4) is 5.75 Å². The zero-order chi connectivity index (χ0) is 19.1. The lowest BCUT2D eigenvalue weighted by Gasteiger charge is -2.34. The number of carbonyl (C=O) groups excluding carboxylic acids is 1. The minimum absolute atomic E-state index is 0.171. The average molecular weight is 368 g/mol. The van der Waals surface area contributed by atoms with E-state index in [0.29, 0.717) is 13.1 Å². The summed E-state index contributed by atoms with van der Waals surface area (Å²) in [7, 11) is 3.79. The van der Waals surface area contributed by atoms with Crippen LogP contribution in [0.5, 0.6) is 5.75 Å². The second-order valence-electron chi connectivity index (χ2n) is 6.84. The molecule has 1 fully saturated rings. The first-order valence-corrected chi connectivity index (χ1v) is 9.31. The first-order chi connectivity index (χ1) is 13.1. The van der Waals surface area contributed by atoms with Crippen molar-refractivity contribution in [2.75, 3.05) is 45.2 Å². The molecule has 27 heavy (non-hydrogen) atoms. The van der Waals surface area contributed by atoms with Gasteiger partial charge in [0.15, 0.2) is 0 Å². The van der Waals surface area contributed by atoms with Crippen molar-refractivity contribution in [1.29, 1.82) is 0 Å². The molecule has 0 spiro atoms. The van der Waals surface area contributed by atoms with E-state index in [4.69, 9.17) is 4.74 Å². The topological polar surface area (TPSA) is 56.8 Å². The molecule has 1 saturated heterocycles. The van der Waals surface area contributed by atoms with Crippen molar-refractivity contribution in [2.45, 2.75) is 13.1 Å². The Hall–Kier alpha value is -2.73. The number of carbonyl (C=O) groups is 1. The van der Waals surface area contributed by atoms with Gasteiger partial charge in [0.1, 0.15) is 5.75 Å². The molecule has 6 nitrogen and oxygen atoms in total. The molecule has 0 atom stereocenters. The molecule has 0 unspecified atom stereocenters. The van der Waals surface area contributed by atoms with Crippen molar-refractivity contribution < 1.29 is 9.53 Å². The number of rotatable bonds is 6. The lowest BCUT2D eigenvalue weighted by Crippen LogP contribution is -2.44. The number of likely N-dealkylation sites (N-methyl/N-ethyl adjacent to an activating group) is 1. The molecular weight excluding hydrogens is 340 g/mol. The highest BCUT2D eigenvalue weighted by Gasteiger charge is 2.14. The maximum absolute atomic E-state index is 12.1. The molecule has 6 heteroatoms. The van der Waals surface area contributed by atoms with Crippen LogP contribution in [0.25, 0.3) is 0 Å². The monoisotopic (exact) mass is 368 g/mol. The number of hydrogen-bond acceptors (Lipinski definition) is 4. The Morgan fingerprint density at radius 3 is 2.30 bits per heavy atom. The van der Waals surface area contributed by atoms with Gasteiger partial charge in [0.05, 0.1) is 7.11 Å². The van der Waals surface area contributed by atoms with Gasteiger partial charge in [-0.3, -0.25) is 0 Å². The second kappa shape index (κ2) is 9.28. The van der Waals surface area contributed by atoms with Gasteiger partial charge in [-0.25, -0.2) is 4.79 Å². The van der Waals surface area contributed by atoms with Crippen LogP contribution < -0.4 is 20.3 Å². The molecule has 2 aromatic rings. The van der Waals surface area contributed by atoms with E-state index in [1.807, 2.05) is 30.3 Å². The van der Waals surface area contributed by atoms with Crippen molar-refractivity contribution in [3.05, 3.63) is 59.7 Å². The Morgan fingerprint density at radius 1 is 0.963 bits per heavy atom. The summed E-state index contributed by atoms with van der Waals surface area (Å²) < 4.78 is 5.14. The number of ether oxygens (including phenoxy) is 1. The van der Waals surface area contributed by atoms with Crippen LogP contribution in [0.1, 0.15) is 11.1 Å². The molecule has 2 amide bonds. The third-order valence-electron chi connectivity index (χ3n) is 4.84. The zero-order valence-electron chi connectivity index (χ0n) is 16.1. The Morgan fingerprint density at radius 2 is 1.63 bits per heavy atom. The van der Waals surface area contributed by atoms with Gasteiger partial charge in [-0.1, -0.05) is 24.3 Å². The first kappa shape index (κ1) is 19.0. The summed E-state index contributed by atoms with van der Waals surface area (Å²) >= 11 is 0. The molecule has 1 heterocycles. The quantitative estimate of drug-likeness (QED) is 0.822. The summed E-state index contributed by atoms with van der Waals surface area (Å²) in [5, 5.41) is 5.81. The summed E-state index contributed by atoms with van der Waals surface area (Å²) in [5.74, 6) is 0.809. The normalized spacial score (nSPS) is 14.7. The van der Waals surface area contributed by atoms with Gasteiger partial charge in [0.2, 0.25) is 0 Å². The summed E-state index contributed by atoms with van der Waals surface area (Å²) in [6.07, 6.45) is 0. The Labute approximate surface area is 161 Å². The summed E-state index contributed by atoms with van der Waals surface area (Å²) in [5.41, 5.74) is 3.36. The van der Waals surface area contributed by atoms with E-state index in [0.717, 1.165) is 43.1 Å². The molecule has 2 aromatic carbocycles. The SMILES string of the molecule is COc1ccc(CNC(=O)NCc2cccc(N3CCN(C)CC3)c2)cc1. The van der Waals surface area contributed by atoms with E-state index >= 15 is 0 Å². The Balaban J connectivity index is 1.46. The van der Waals surface area contributed by atoms with Crippen LogP contribution in [-0.4, -0.2) is 51.3 Å². The molecule has 1 aliphatic rings. The fourth-order valence-electron chi connectivity index (χ4n) is 3.10. The molecule has 0 aliphatic carbocycles. The number of hydrogen-bond donors (Lipinski definition) is 2. The minimum Gasteiger partial charge on any atom is -0.497 e. The van der Waals surface area contributed by atoms with Gasteiger partial charge < -0.3 is 25.2 Å².